The fraction of sp³-hybridized carbons (Fsp3) is 0.393. The van der Waals surface area contributed by atoms with E-state index in [0.29, 0.717) is 22.9 Å². The van der Waals surface area contributed by atoms with E-state index in [1.54, 1.807) is 13.1 Å². The first-order valence-corrected chi connectivity index (χ1v) is 13.3. The molecule has 0 unspecified atom stereocenters. The van der Waals surface area contributed by atoms with Crippen LogP contribution in [0.4, 0.5) is 10.2 Å². The van der Waals surface area contributed by atoms with Gasteiger partial charge >= 0.3 is 0 Å². The predicted octanol–water partition coefficient (Wildman–Crippen LogP) is 6.07. The third-order valence-corrected chi connectivity index (χ3v) is 8.15. The molecular formula is C28H30Cl2FN3O3. The summed E-state index contributed by atoms with van der Waals surface area (Å²) in [7, 11) is 0. The molecule has 196 valence electrons. The van der Waals surface area contributed by atoms with Gasteiger partial charge in [0.25, 0.3) is 0 Å². The standard InChI is InChI=1S/C28H30Cl2FN3O3/c1-17(25-21(29)4-5-22(31)26(25)30)36-24-15-20(16-33-27(24)32)19-3-2-18-6-7-28(37-23(18)14-19)8-10-34(11-9-28)12-13-35/h2-5,14-17,35H,6-13H2,1H3,(H2,32,33)/t17-/m1/s1. The van der Waals surface area contributed by atoms with Crippen LogP contribution in [0.25, 0.3) is 11.1 Å². The summed E-state index contributed by atoms with van der Waals surface area (Å²) >= 11 is 12.4. The van der Waals surface area contributed by atoms with Crippen molar-refractivity contribution in [2.75, 3.05) is 32.0 Å². The van der Waals surface area contributed by atoms with Gasteiger partial charge in [-0.15, -0.1) is 0 Å². The Morgan fingerprint density at radius 1 is 1.16 bits per heavy atom. The minimum atomic E-state index is -0.654. The Hall–Kier alpha value is -2.58. The van der Waals surface area contributed by atoms with Gasteiger partial charge in [-0.3, -0.25) is 0 Å². The summed E-state index contributed by atoms with van der Waals surface area (Å²) in [5, 5.41) is 9.48. The van der Waals surface area contributed by atoms with Gasteiger partial charge in [0.2, 0.25) is 0 Å². The van der Waals surface area contributed by atoms with Crippen LogP contribution in [0.2, 0.25) is 10.0 Å². The molecule has 1 saturated heterocycles. The first-order chi connectivity index (χ1) is 17.8. The Balaban J connectivity index is 1.37. The highest BCUT2D eigenvalue weighted by Gasteiger charge is 2.39. The van der Waals surface area contributed by atoms with E-state index in [4.69, 9.17) is 38.4 Å². The molecule has 3 heterocycles. The Kier molecular flexibility index (Phi) is 7.50. The molecule has 0 saturated carbocycles. The van der Waals surface area contributed by atoms with E-state index in [2.05, 4.69) is 22.0 Å². The van der Waals surface area contributed by atoms with Crippen LogP contribution in [0.5, 0.6) is 11.5 Å². The highest BCUT2D eigenvalue weighted by Crippen LogP contribution is 2.42. The Morgan fingerprint density at radius 3 is 2.70 bits per heavy atom. The summed E-state index contributed by atoms with van der Waals surface area (Å²) in [5.41, 5.74) is 9.24. The summed E-state index contributed by atoms with van der Waals surface area (Å²) in [4.78, 5) is 6.62. The number of nitrogens with two attached hydrogens (primary N) is 1. The number of aliphatic hydroxyl groups excluding tert-OH is 1. The second-order valence-electron chi connectivity index (χ2n) is 9.80. The highest BCUT2D eigenvalue weighted by molar-refractivity contribution is 6.36. The number of nitrogens with zero attached hydrogens (tertiary/aromatic N) is 2. The van der Waals surface area contributed by atoms with Gasteiger partial charge < -0.3 is 25.2 Å². The van der Waals surface area contributed by atoms with Crippen LogP contribution in [0, 0.1) is 5.82 Å². The number of ether oxygens (including phenoxy) is 2. The number of halogens is 3. The predicted molar refractivity (Wildman–Crippen MR) is 144 cm³/mol. The Bertz CT molecular complexity index is 1300. The third kappa shape index (κ3) is 5.36. The largest absolute Gasteiger partial charge is 0.487 e. The highest BCUT2D eigenvalue weighted by atomic mass is 35.5. The lowest BCUT2D eigenvalue weighted by molar-refractivity contribution is -0.0171. The lowest BCUT2D eigenvalue weighted by Gasteiger charge is -2.44. The zero-order valence-corrected chi connectivity index (χ0v) is 22.2. The molecule has 3 aromatic rings. The lowest BCUT2D eigenvalue weighted by Crippen LogP contribution is -2.50. The van der Waals surface area contributed by atoms with Crippen LogP contribution in [0.1, 0.15) is 43.4 Å². The quantitative estimate of drug-likeness (QED) is 0.366. The minimum absolute atomic E-state index is 0.0781. The van der Waals surface area contributed by atoms with E-state index >= 15 is 0 Å². The number of fused-ring (bicyclic) bond motifs is 1. The third-order valence-electron chi connectivity index (χ3n) is 7.43. The molecule has 9 heteroatoms. The Labute approximate surface area is 226 Å². The minimum Gasteiger partial charge on any atom is -0.487 e. The number of hydrogen-bond donors (Lipinski definition) is 2. The zero-order chi connectivity index (χ0) is 26.2. The summed E-state index contributed by atoms with van der Waals surface area (Å²) in [6, 6.07) is 10.7. The number of aromatic nitrogens is 1. The number of likely N-dealkylation sites (tertiary alicyclic amines) is 1. The van der Waals surface area contributed by atoms with Crippen molar-refractivity contribution in [1.29, 1.82) is 0 Å². The van der Waals surface area contributed by atoms with Gasteiger partial charge in [-0.25, -0.2) is 9.37 Å². The number of piperidine rings is 1. The number of anilines is 1. The van der Waals surface area contributed by atoms with Crippen molar-refractivity contribution in [3.05, 3.63) is 69.6 Å². The molecule has 6 nitrogen and oxygen atoms in total. The summed E-state index contributed by atoms with van der Waals surface area (Å²) in [5.74, 6) is 0.891. The van der Waals surface area contributed by atoms with Gasteiger partial charge in [-0.1, -0.05) is 35.3 Å². The molecule has 1 aromatic heterocycles. The smallest absolute Gasteiger partial charge is 0.166 e. The van der Waals surface area contributed by atoms with Gasteiger partial charge in [0.15, 0.2) is 11.6 Å². The number of pyridine rings is 1. The van der Waals surface area contributed by atoms with Gasteiger partial charge in [0.05, 0.1) is 11.6 Å². The van der Waals surface area contributed by atoms with E-state index in [1.807, 2.05) is 12.1 Å². The van der Waals surface area contributed by atoms with Crippen LogP contribution in [0.15, 0.2) is 42.6 Å². The summed E-state index contributed by atoms with van der Waals surface area (Å²) in [6.07, 6.45) is 4.90. The number of aliphatic hydroxyl groups is 1. The van der Waals surface area contributed by atoms with Crippen molar-refractivity contribution in [2.24, 2.45) is 0 Å². The topological polar surface area (TPSA) is 80.8 Å². The molecule has 1 fully saturated rings. The maximum atomic E-state index is 14.0. The van der Waals surface area contributed by atoms with Gasteiger partial charge in [0, 0.05) is 42.0 Å². The van der Waals surface area contributed by atoms with Crippen molar-refractivity contribution in [3.8, 4) is 22.6 Å². The fourth-order valence-corrected chi connectivity index (χ4v) is 5.91. The van der Waals surface area contributed by atoms with Crippen molar-refractivity contribution in [2.45, 2.75) is 44.3 Å². The van der Waals surface area contributed by atoms with Crippen LogP contribution < -0.4 is 15.2 Å². The molecule has 2 aliphatic heterocycles. The Morgan fingerprint density at radius 2 is 1.95 bits per heavy atom. The van der Waals surface area contributed by atoms with Crippen molar-refractivity contribution in [1.82, 2.24) is 9.88 Å². The number of aryl methyl sites for hydroxylation is 1. The first-order valence-electron chi connectivity index (χ1n) is 12.5. The molecule has 0 amide bonds. The molecule has 2 aromatic carbocycles. The normalized spacial score (nSPS) is 17.8. The average Bonchev–Trinajstić information content (AvgIpc) is 2.89. The van der Waals surface area contributed by atoms with Gasteiger partial charge in [-0.2, -0.15) is 0 Å². The summed E-state index contributed by atoms with van der Waals surface area (Å²) < 4.78 is 26.7. The van der Waals surface area contributed by atoms with Crippen molar-refractivity contribution >= 4 is 29.0 Å². The van der Waals surface area contributed by atoms with E-state index in [-0.39, 0.29) is 23.0 Å². The molecule has 0 aliphatic carbocycles. The molecule has 37 heavy (non-hydrogen) atoms. The zero-order valence-electron chi connectivity index (χ0n) is 20.6. The van der Waals surface area contributed by atoms with Crippen LogP contribution >= 0.6 is 23.2 Å². The molecular weight excluding hydrogens is 516 g/mol. The molecule has 0 bridgehead atoms. The SMILES string of the molecule is C[C@@H](Oc1cc(-c2ccc3c(c2)OC2(CC3)CCN(CCO)CC2)cnc1N)c1c(Cl)ccc(F)c1Cl. The molecule has 1 spiro atoms. The number of rotatable bonds is 6. The van der Waals surface area contributed by atoms with Crippen LogP contribution in [-0.2, 0) is 6.42 Å². The van der Waals surface area contributed by atoms with Crippen LogP contribution in [0.3, 0.4) is 0 Å². The number of β-amino-alcohol motifs (C(OH)–C–C–N with tert-alkyl or cyclic N) is 1. The molecule has 1 atom stereocenters. The van der Waals surface area contributed by atoms with Gasteiger partial charge in [0.1, 0.15) is 23.3 Å². The first kappa shape index (κ1) is 26.0. The maximum Gasteiger partial charge on any atom is 0.166 e. The van der Waals surface area contributed by atoms with Crippen molar-refractivity contribution < 1.29 is 19.0 Å². The number of benzene rings is 2. The van der Waals surface area contributed by atoms with E-state index in [1.165, 1.54) is 17.7 Å². The average molecular weight is 546 g/mol. The van der Waals surface area contributed by atoms with E-state index < -0.39 is 11.9 Å². The lowest BCUT2D eigenvalue weighted by atomic mass is 9.83. The molecule has 0 radical (unpaired) electrons. The maximum absolute atomic E-state index is 14.0. The molecule has 5 rings (SSSR count). The molecule has 2 aliphatic rings. The fourth-order valence-electron chi connectivity index (χ4n) is 5.23. The van der Waals surface area contributed by atoms with Crippen LogP contribution in [-0.4, -0.2) is 46.8 Å². The van der Waals surface area contributed by atoms with E-state index in [9.17, 15) is 9.50 Å². The number of hydrogen-bond acceptors (Lipinski definition) is 6. The van der Waals surface area contributed by atoms with E-state index in [0.717, 1.165) is 55.6 Å². The second-order valence-corrected chi connectivity index (χ2v) is 10.6. The molecule has 3 N–H and O–H groups in total. The number of nitrogen functional groups attached to an aromatic ring is 1. The van der Waals surface area contributed by atoms with Crippen molar-refractivity contribution in [3.63, 3.8) is 0 Å². The summed E-state index contributed by atoms with van der Waals surface area (Å²) in [6.45, 7) is 4.48. The van der Waals surface area contributed by atoms with Gasteiger partial charge in [-0.05, 0) is 68.0 Å². The monoisotopic (exact) mass is 545 g/mol. The second kappa shape index (κ2) is 10.7.